The molecule has 0 aliphatic heterocycles. The van der Waals surface area contributed by atoms with Crippen LogP contribution in [-0.2, 0) is 14.2 Å². The number of carbonyl (C=O) groups is 3. The number of benzene rings is 1. The maximum Gasteiger partial charge on any atom is 0.360 e. The Morgan fingerprint density at radius 1 is 1.00 bits per heavy atom. The quantitative estimate of drug-likeness (QED) is 0.589. The van der Waals surface area contributed by atoms with Crippen LogP contribution in [-0.4, -0.2) is 53.7 Å². The van der Waals surface area contributed by atoms with Crippen LogP contribution in [0.25, 0.3) is 5.69 Å². The molecule has 0 spiro atoms. The highest BCUT2D eigenvalue weighted by Crippen LogP contribution is 2.16. The van der Waals surface area contributed by atoms with Gasteiger partial charge in [-0.1, -0.05) is 5.21 Å². The fourth-order valence-electron chi connectivity index (χ4n) is 1.90. The molecular formula is C15H15N3O6. The zero-order valence-corrected chi connectivity index (χ0v) is 13.3. The van der Waals surface area contributed by atoms with E-state index in [0.29, 0.717) is 5.69 Å². The summed E-state index contributed by atoms with van der Waals surface area (Å²) >= 11 is 0. The molecule has 126 valence electrons. The van der Waals surface area contributed by atoms with Crippen LogP contribution in [0.2, 0.25) is 0 Å². The Hall–Kier alpha value is -3.23. The minimum Gasteiger partial charge on any atom is -0.465 e. The van der Waals surface area contributed by atoms with Gasteiger partial charge in [-0.05, 0) is 25.1 Å². The zero-order valence-electron chi connectivity index (χ0n) is 13.3. The van der Waals surface area contributed by atoms with Gasteiger partial charge in [0.15, 0.2) is 5.69 Å². The Kier molecular flexibility index (Phi) is 5.25. The van der Waals surface area contributed by atoms with E-state index in [0.717, 1.165) is 0 Å². The molecule has 1 aromatic heterocycles. The molecule has 0 N–H and O–H groups in total. The number of hydrogen-bond acceptors (Lipinski definition) is 8. The predicted molar refractivity (Wildman–Crippen MR) is 80.0 cm³/mol. The van der Waals surface area contributed by atoms with Gasteiger partial charge in [-0.25, -0.2) is 19.1 Å². The minimum atomic E-state index is -0.632. The maximum atomic E-state index is 11.8. The maximum absolute atomic E-state index is 11.8. The van der Waals surface area contributed by atoms with Crippen molar-refractivity contribution < 1.29 is 28.6 Å². The lowest BCUT2D eigenvalue weighted by molar-refractivity contribution is 0.0517. The fourth-order valence-corrected chi connectivity index (χ4v) is 1.90. The molecule has 0 aliphatic rings. The summed E-state index contributed by atoms with van der Waals surface area (Å²) < 4.78 is 15.4. The van der Waals surface area contributed by atoms with E-state index < -0.39 is 17.9 Å². The Balaban J connectivity index is 2.47. The van der Waals surface area contributed by atoms with Gasteiger partial charge in [-0.2, -0.15) is 0 Å². The van der Waals surface area contributed by atoms with Crippen LogP contribution in [0.15, 0.2) is 24.4 Å². The summed E-state index contributed by atoms with van der Waals surface area (Å²) in [6.07, 6.45) is 1.33. The van der Waals surface area contributed by atoms with Crippen LogP contribution in [0.5, 0.6) is 0 Å². The second-order valence-electron chi connectivity index (χ2n) is 4.52. The van der Waals surface area contributed by atoms with Gasteiger partial charge in [0.25, 0.3) is 0 Å². The lowest BCUT2D eigenvalue weighted by atomic mass is 10.1. The monoisotopic (exact) mass is 333 g/mol. The van der Waals surface area contributed by atoms with Crippen molar-refractivity contribution in [2.75, 3.05) is 20.8 Å². The average Bonchev–Trinajstić information content (AvgIpc) is 3.10. The van der Waals surface area contributed by atoms with E-state index >= 15 is 0 Å². The van der Waals surface area contributed by atoms with Crippen molar-refractivity contribution in [3.63, 3.8) is 0 Å². The summed E-state index contributed by atoms with van der Waals surface area (Å²) in [6.45, 7) is 1.88. The van der Waals surface area contributed by atoms with Crippen molar-refractivity contribution in [3.8, 4) is 5.69 Å². The highest BCUT2D eigenvalue weighted by Gasteiger charge is 2.17. The number of methoxy groups -OCH3 is 2. The largest absolute Gasteiger partial charge is 0.465 e. The van der Waals surface area contributed by atoms with Crippen molar-refractivity contribution in [2.45, 2.75) is 6.92 Å². The molecule has 9 nitrogen and oxygen atoms in total. The van der Waals surface area contributed by atoms with E-state index in [1.54, 1.807) is 6.92 Å². The first kappa shape index (κ1) is 17.1. The molecule has 1 heterocycles. The predicted octanol–water partition coefficient (Wildman–Crippen LogP) is 1.02. The van der Waals surface area contributed by atoms with Crippen LogP contribution >= 0.6 is 0 Å². The average molecular weight is 333 g/mol. The Labute approximate surface area is 137 Å². The summed E-state index contributed by atoms with van der Waals surface area (Å²) in [5, 5.41) is 7.51. The molecule has 0 radical (unpaired) electrons. The van der Waals surface area contributed by atoms with Crippen molar-refractivity contribution in [1.82, 2.24) is 15.0 Å². The van der Waals surface area contributed by atoms with Gasteiger partial charge in [-0.3, -0.25) is 0 Å². The fraction of sp³-hybridized carbons (Fsp3) is 0.267. The molecule has 1 aromatic carbocycles. The lowest BCUT2D eigenvalue weighted by Crippen LogP contribution is -2.09. The third-order valence-corrected chi connectivity index (χ3v) is 3.00. The first-order valence-corrected chi connectivity index (χ1v) is 6.91. The molecule has 2 rings (SSSR count). The van der Waals surface area contributed by atoms with Gasteiger partial charge >= 0.3 is 17.9 Å². The number of aromatic nitrogens is 3. The highest BCUT2D eigenvalue weighted by molar-refractivity contribution is 5.96. The van der Waals surface area contributed by atoms with Crippen LogP contribution in [0.4, 0.5) is 0 Å². The number of hydrogen-bond donors (Lipinski definition) is 0. The Morgan fingerprint density at radius 3 is 2.08 bits per heavy atom. The van der Waals surface area contributed by atoms with Crippen molar-refractivity contribution in [3.05, 3.63) is 41.2 Å². The lowest BCUT2D eigenvalue weighted by Gasteiger charge is -2.07. The normalized spacial score (nSPS) is 10.1. The number of nitrogens with zero attached hydrogens (tertiary/aromatic N) is 3. The summed E-state index contributed by atoms with van der Waals surface area (Å²) in [5.74, 6) is -1.89. The smallest absolute Gasteiger partial charge is 0.360 e. The molecular weight excluding hydrogens is 318 g/mol. The molecule has 0 fully saturated rings. The third kappa shape index (κ3) is 3.57. The number of carbonyl (C=O) groups excluding carboxylic acids is 3. The molecule has 0 unspecified atom stereocenters. The third-order valence-electron chi connectivity index (χ3n) is 3.00. The van der Waals surface area contributed by atoms with E-state index in [1.165, 1.54) is 43.3 Å². The molecule has 9 heteroatoms. The van der Waals surface area contributed by atoms with Crippen LogP contribution in [0.3, 0.4) is 0 Å². The van der Waals surface area contributed by atoms with Crippen molar-refractivity contribution in [1.29, 1.82) is 0 Å². The molecule has 0 atom stereocenters. The summed E-state index contributed by atoms with van der Waals surface area (Å²) in [6, 6.07) is 4.23. The van der Waals surface area contributed by atoms with Crippen molar-refractivity contribution in [2.24, 2.45) is 0 Å². The molecule has 0 saturated heterocycles. The van der Waals surface area contributed by atoms with Gasteiger partial charge < -0.3 is 14.2 Å². The van der Waals surface area contributed by atoms with Crippen LogP contribution in [0.1, 0.15) is 38.1 Å². The number of ether oxygens (including phenoxy) is 3. The highest BCUT2D eigenvalue weighted by atomic mass is 16.5. The Morgan fingerprint density at radius 2 is 1.58 bits per heavy atom. The number of rotatable bonds is 5. The molecule has 0 saturated carbocycles. The summed E-state index contributed by atoms with van der Waals surface area (Å²) in [5.41, 5.74) is 0.591. The van der Waals surface area contributed by atoms with Gasteiger partial charge in [0, 0.05) is 0 Å². The SMILES string of the molecule is CCOC(=O)c1cn(-c2cc(C(=O)OC)cc(C(=O)OC)c2)nn1. The van der Waals surface area contributed by atoms with E-state index in [4.69, 9.17) is 4.74 Å². The van der Waals surface area contributed by atoms with Gasteiger partial charge in [-0.15, -0.1) is 5.10 Å². The van der Waals surface area contributed by atoms with E-state index in [2.05, 4.69) is 19.8 Å². The minimum absolute atomic E-state index is 0.0000563. The zero-order chi connectivity index (χ0) is 17.7. The Bertz CT molecular complexity index is 749. The van der Waals surface area contributed by atoms with E-state index in [1.807, 2.05) is 0 Å². The van der Waals surface area contributed by atoms with Crippen LogP contribution in [0, 0.1) is 0 Å². The number of esters is 3. The molecule has 24 heavy (non-hydrogen) atoms. The summed E-state index contributed by atoms with van der Waals surface area (Å²) in [4.78, 5) is 35.2. The van der Waals surface area contributed by atoms with Gasteiger partial charge in [0.1, 0.15) is 0 Å². The molecule has 2 aromatic rings. The summed E-state index contributed by atoms with van der Waals surface area (Å²) in [7, 11) is 2.45. The van der Waals surface area contributed by atoms with Gasteiger partial charge in [0.2, 0.25) is 0 Å². The van der Waals surface area contributed by atoms with Crippen LogP contribution < -0.4 is 0 Å². The van der Waals surface area contributed by atoms with Crippen molar-refractivity contribution >= 4 is 17.9 Å². The van der Waals surface area contributed by atoms with E-state index in [-0.39, 0.29) is 23.4 Å². The molecule has 0 aliphatic carbocycles. The van der Waals surface area contributed by atoms with E-state index in [9.17, 15) is 14.4 Å². The second kappa shape index (κ2) is 7.36. The first-order chi connectivity index (χ1) is 11.5. The standard InChI is InChI=1S/C15H15N3O6/c1-4-24-15(21)12-8-18(17-16-12)11-6-9(13(19)22-2)5-10(7-11)14(20)23-3/h5-8H,4H2,1-3H3. The first-order valence-electron chi connectivity index (χ1n) is 6.91. The second-order valence-corrected chi connectivity index (χ2v) is 4.52. The topological polar surface area (TPSA) is 110 Å². The van der Waals surface area contributed by atoms with Gasteiger partial charge in [0.05, 0.1) is 43.8 Å². The molecule has 0 amide bonds. The molecule has 0 bridgehead atoms.